The molecule has 0 fully saturated rings. The van der Waals surface area contributed by atoms with Gasteiger partial charge in [-0.2, -0.15) is 0 Å². The molecule has 82 valence electrons. The first-order valence-corrected chi connectivity index (χ1v) is 5.35. The van der Waals surface area contributed by atoms with Crippen molar-refractivity contribution in [2.75, 3.05) is 0 Å². The van der Waals surface area contributed by atoms with Gasteiger partial charge >= 0.3 is 5.97 Å². The number of carboxylic acid groups (broad SMARTS) is 1. The molecule has 2 N–H and O–H groups in total. The maximum atomic E-state index is 11.9. The van der Waals surface area contributed by atoms with Gasteiger partial charge in [0.1, 0.15) is 5.56 Å². The number of fused-ring (bicyclic) bond motifs is 1. The van der Waals surface area contributed by atoms with Crippen LogP contribution in [0.15, 0.2) is 27.6 Å². The van der Waals surface area contributed by atoms with Gasteiger partial charge in [-0.1, -0.05) is 0 Å². The lowest BCUT2D eigenvalue weighted by molar-refractivity contribution is 0.0695. The second kappa shape index (κ2) is 3.75. The molecular weight excluding hydrogens is 274 g/mol. The van der Waals surface area contributed by atoms with Gasteiger partial charge in [0, 0.05) is 16.1 Å². The number of H-pyrrole nitrogens is 1. The molecule has 4 nitrogen and oxygen atoms in total. The predicted molar refractivity (Wildman–Crippen MR) is 64.0 cm³/mol. The summed E-state index contributed by atoms with van der Waals surface area (Å²) in [6, 6.07) is 3.53. The Morgan fingerprint density at radius 1 is 1.44 bits per heavy atom. The number of hydrogen-bond donors (Lipinski definition) is 2. The van der Waals surface area contributed by atoms with E-state index >= 15 is 0 Å². The van der Waals surface area contributed by atoms with Crippen LogP contribution in [0.2, 0.25) is 0 Å². The Labute approximate surface area is 99.0 Å². The molecule has 0 unspecified atom stereocenters. The van der Waals surface area contributed by atoms with E-state index in [2.05, 4.69) is 20.9 Å². The molecule has 0 amide bonds. The fraction of sp³-hybridized carbons (Fsp3) is 0.0909. The first kappa shape index (κ1) is 10.9. The van der Waals surface area contributed by atoms with Gasteiger partial charge in [-0.25, -0.2) is 4.79 Å². The molecule has 2 rings (SSSR count). The van der Waals surface area contributed by atoms with Gasteiger partial charge in [-0.15, -0.1) is 0 Å². The van der Waals surface area contributed by atoms with Crippen LogP contribution in [-0.4, -0.2) is 16.1 Å². The van der Waals surface area contributed by atoms with Crippen molar-refractivity contribution in [2.24, 2.45) is 0 Å². The average molecular weight is 282 g/mol. The molecule has 1 aromatic heterocycles. The van der Waals surface area contributed by atoms with E-state index in [1.54, 1.807) is 6.07 Å². The smallest absolute Gasteiger partial charge is 0.341 e. The number of benzene rings is 1. The Morgan fingerprint density at radius 3 is 2.75 bits per heavy atom. The Bertz CT molecular complexity index is 645. The second-order valence-corrected chi connectivity index (χ2v) is 4.36. The number of halogens is 1. The van der Waals surface area contributed by atoms with E-state index in [0.29, 0.717) is 10.9 Å². The van der Waals surface area contributed by atoms with Crippen molar-refractivity contribution in [2.45, 2.75) is 6.92 Å². The molecule has 2 aromatic rings. The molecule has 0 aliphatic heterocycles. The summed E-state index contributed by atoms with van der Waals surface area (Å²) in [5.74, 6) is -1.22. The summed E-state index contributed by atoms with van der Waals surface area (Å²) in [6.45, 7) is 1.84. The van der Waals surface area contributed by atoms with E-state index in [9.17, 15) is 9.59 Å². The molecule has 0 saturated heterocycles. The highest BCUT2D eigenvalue weighted by atomic mass is 79.9. The highest BCUT2D eigenvalue weighted by Gasteiger charge is 2.12. The molecule has 0 aliphatic carbocycles. The fourth-order valence-corrected chi connectivity index (χ4v) is 2.27. The molecule has 0 saturated carbocycles. The highest BCUT2D eigenvalue weighted by molar-refractivity contribution is 9.10. The summed E-state index contributed by atoms with van der Waals surface area (Å²) in [5.41, 5.74) is 0.795. The number of hydrogen-bond acceptors (Lipinski definition) is 2. The number of aryl methyl sites for hydroxylation is 1. The SMILES string of the molecule is Cc1cc(Br)c2[nH]cc(C(=O)O)c(=O)c2c1. The van der Waals surface area contributed by atoms with Crippen LogP contribution < -0.4 is 5.43 Å². The summed E-state index contributed by atoms with van der Waals surface area (Å²) >= 11 is 3.33. The van der Waals surface area contributed by atoms with E-state index in [1.165, 1.54) is 6.20 Å². The number of aromatic carboxylic acids is 1. The van der Waals surface area contributed by atoms with Crippen LogP contribution in [0.1, 0.15) is 15.9 Å². The van der Waals surface area contributed by atoms with Crippen molar-refractivity contribution in [1.29, 1.82) is 0 Å². The van der Waals surface area contributed by atoms with Crippen LogP contribution in [0.3, 0.4) is 0 Å². The molecular formula is C11H8BrNO3. The lowest BCUT2D eigenvalue weighted by atomic mass is 10.1. The van der Waals surface area contributed by atoms with Crippen molar-refractivity contribution in [1.82, 2.24) is 4.98 Å². The van der Waals surface area contributed by atoms with Gasteiger partial charge in [0.25, 0.3) is 0 Å². The quantitative estimate of drug-likeness (QED) is 0.843. The molecule has 5 heteroatoms. The third-order valence-electron chi connectivity index (χ3n) is 2.32. The van der Waals surface area contributed by atoms with Crippen molar-refractivity contribution in [3.8, 4) is 0 Å². The zero-order valence-corrected chi connectivity index (χ0v) is 9.96. The van der Waals surface area contributed by atoms with Crippen LogP contribution in [0.4, 0.5) is 0 Å². The minimum Gasteiger partial charge on any atom is -0.477 e. The maximum Gasteiger partial charge on any atom is 0.341 e. The number of carbonyl (C=O) groups is 1. The average Bonchev–Trinajstić information content (AvgIpc) is 2.19. The van der Waals surface area contributed by atoms with Gasteiger partial charge in [0.15, 0.2) is 0 Å². The number of aromatic nitrogens is 1. The number of pyridine rings is 1. The van der Waals surface area contributed by atoms with E-state index in [0.717, 1.165) is 10.0 Å². The van der Waals surface area contributed by atoms with Crippen LogP contribution in [0, 0.1) is 6.92 Å². The normalized spacial score (nSPS) is 10.6. The molecule has 0 radical (unpaired) electrons. The summed E-state index contributed by atoms with van der Waals surface area (Å²) in [6.07, 6.45) is 1.22. The lowest BCUT2D eigenvalue weighted by Gasteiger charge is -2.03. The lowest BCUT2D eigenvalue weighted by Crippen LogP contribution is -2.15. The molecule has 1 heterocycles. The Kier molecular flexibility index (Phi) is 2.55. The first-order chi connectivity index (χ1) is 7.50. The Balaban J connectivity index is 2.95. The fourth-order valence-electron chi connectivity index (χ4n) is 1.58. The van der Waals surface area contributed by atoms with E-state index in [-0.39, 0.29) is 5.56 Å². The van der Waals surface area contributed by atoms with Gasteiger partial charge in [0.05, 0.1) is 5.52 Å². The van der Waals surface area contributed by atoms with Crippen molar-refractivity contribution in [3.63, 3.8) is 0 Å². The maximum absolute atomic E-state index is 11.9. The third kappa shape index (κ3) is 1.63. The molecule has 0 aliphatic rings. The van der Waals surface area contributed by atoms with Crippen LogP contribution >= 0.6 is 15.9 Å². The number of carboxylic acids is 1. The predicted octanol–water partition coefficient (Wildman–Crippen LogP) is 2.30. The highest BCUT2D eigenvalue weighted by Crippen LogP contribution is 2.21. The Hall–Kier alpha value is -1.62. The summed E-state index contributed by atoms with van der Waals surface area (Å²) in [5, 5.41) is 9.21. The van der Waals surface area contributed by atoms with Crippen molar-refractivity contribution < 1.29 is 9.90 Å². The van der Waals surface area contributed by atoms with E-state index in [4.69, 9.17) is 5.11 Å². The van der Waals surface area contributed by atoms with E-state index < -0.39 is 11.4 Å². The summed E-state index contributed by atoms with van der Waals surface area (Å²) in [7, 11) is 0. The summed E-state index contributed by atoms with van der Waals surface area (Å²) in [4.78, 5) is 25.5. The second-order valence-electron chi connectivity index (χ2n) is 3.51. The van der Waals surface area contributed by atoms with E-state index in [1.807, 2.05) is 13.0 Å². The number of rotatable bonds is 1. The molecule has 16 heavy (non-hydrogen) atoms. The molecule has 1 aromatic carbocycles. The molecule has 0 spiro atoms. The largest absolute Gasteiger partial charge is 0.477 e. The zero-order valence-electron chi connectivity index (χ0n) is 8.37. The van der Waals surface area contributed by atoms with Gasteiger partial charge in [-0.3, -0.25) is 4.79 Å². The minimum absolute atomic E-state index is 0.245. The van der Waals surface area contributed by atoms with Gasteiger partial charge < -0.3 is 10.1 Å². The van der Waals surface area contributed by atoms with Crippen molar-refractivity contribution in [3.05, 3.63) is 44.2 Å². The number of aromatic amines is 1. The third-order valence-corrected chi connectivity index (χ3v) is 2.94. The summed E-state index contributed by atoms with van der Waals surface area (Å²) < 4.78 is 0.747. The Morgan fingerprint density at radius 2 is 2.12 bits per heavy atom. The van der Waals surface area contributed by atoms with Crippen LogP contribution in [-0.2, 0) is 0 Å². The topological polar surface area (TPSA) is 70.2 Å². The first-order valence-electron chi connectivity index (χ1n) is 4.55. The van der Waals surface area contributed by atoms with Crippen LogP contribution in [0.25, 0.3) is 10.9 Å². The molecule has 0 bridgehead atoms. The monoisotopic (exact) mass is 281 g/mol. The minimum atomic E-state index is -1.22. The van der Waals surface area contributed by atoms with Crippen molar-refractivity contribution >= 4 is 32.8 Å². The molecule has 0 atom stereocenters. The number of nitrogens with one attached hydrogen (secondary N) is 1. The zero-order chi connectivity index (χ0) is 11.9. The standard InChI is InChI=1S/C11H8BrNO3/c1-5-2-6-9(8(12)3-5)13-4-7(10(6)14)11(15)16/h2-4H,1H3,(H,13,14)(H,15,16). The van der Waals surface area contributed by atoms with Gasteiger partial charge in [-0.05, 0) is 40.5 Å². The van der Waals surface area contributed by atoms with Gasteiger partial charge in [0.2, 0.25) is 5.43 Å². The van der Waals surface area contributed by atoms with Crippen LogP contribution in [0.5, 0.6) is 0 Å².